The van der Waals surface area contributed by atoms with Crippen molar-refractivity contribution >= 4 is 27.6 Å². The van der Waals surface area contributed by atoms with Crippen molar-refractivity contribution in [1.29, 1.82) is 0 Å². The highest BCUT2D eigenvalue weighted by atomic mass is 79.9. The molecular weight excluding hydrogens is 322 g/mol. The van der Waals surface area contributed by atoms with Gasteiger partial charge in [0.05, 0.1) is 5.56 Å². The van der Waals surface area contributed by atoms with Crippen LogP contribution in [0.2, 0.25) is 0 Å². The number of halogens is 1. The molecule has 0 radical (unpaired) electrons. The zero-order chi connectivity index (χ0) is 14.5. The van der Waals surface area contributed by atoms with Crippen molar-refractivity contribution in [3.63, 3.8) is 0 Å². The Hall–Kier alpha value is -2.01. The Morgan fingerprint density at radius 1 is 1.15 bits per heavy atom. The molecule has 0 saturated carbocycles. The van der Waals surface area contributed by atoms with E-state index in [-0.39, 0.29) is 11.3 Å². The summed E-state index contributed by atoms with van der Waals surface area (Å²) in [4.78, 5) is 11.2. The highest BCUT2D eigenvalue weighted by Crippen LogP contribution is 2.24. The van der Waals surface area contributed by atoms with Crippen LogP contribution < -0.4 is 5.32 Å². The summed E-state index contributed by atoms with van der Waals surface area (Å²) in [6.45, 7) is 0.613. The molecule has 0 aromatic heterocycles. The molecule has 2 rings (SSSR count). The molecule has 4 nitrogen and oxygen atoms in total. The first-order chi connectivity index (χ1) is 9.58. The van der Waals surface area contributed by atoms with Crippen LogP contribution in [0, 0.1) is 0 Å². The summed E-state index contributed by atoms with van der Waals surface area (Å²) in [6.07, 6.45) is 0.742. The number of phenols is 1. The van der Waals surface area contributed by atoms with Crippen LogP contribution in [0.15, 0.2) is 46.9 Å². The zero-order valence-corrected chi connectivity index (χ0v) is 12.2. The van der Waals surface area contributed by atoms with E-state index in [9.17, 15) is 15.0 Å². The molecule has 3 N–H and O–H groups in total. The largest absolute Gasteiger partial charge is 0.508 e. The lowest BCUT2D eigenvalue weighted by Gasteiger charge is -2.11. The predicted octanol–water partition coefficient (Wildman–Crippen LogP) is 3.51. The third-order valence-corrected chi connectivity index (χ3v) is 3.55. The average molecular weight is 336 g/mol. The van der Waals surface area contributed by atoms with E-state index in [2.05, 4.69) is 21.2 Å². The molecule has 0 amide bonds. The number of hydrogen-bond donors (Lipinski definition) is 3. The Bertz CT molecular complexity index is 611. The number of rotatable bonds is 5. The maximum absolute atomic E-state index is 11.2. The van der Waals surface area contributed by atoms with Crippen molar-refractivity contribution < 1.29 is 15.0 Å². The summed E-state index contributed by atoms with van der Waals surface area (Å²) in [5.41, 5.74) is 1.89. The van der Waals surface area contributed by atoms with Gasteiger partial charge in [-0.15, -0.1) is 0 Å². The molecule has 0 spiro atoms. The van der Waals surface area contributed by atoms with Crippen LogP contribution in [-0.2, 0) is 6.42 Å². The van der Waals surface area contributed by atoms with Gasteiger partial charge in [-0.1, -0.05) is 18.2 Å². The van der Waals surface area contributed by atoms with Crippen molar-refractivity contribution in [2.45, 2.75) is 6.42 Å². The molecule has 0 aliphatic rings. The molecular formula is C15H14BrNO3. The van der Waals surface area contributed by atoms with Crippen LogP contribution in [0.1, 0.15) is 15.9 Å². The minimum Gasteiger partial charge on any atom is -0.508 e. The normalized spacial score (nSPS) is 10.2. The molecule has 0 unspecified atom stereocenters. The summed E-state index contributed by atoms with van der Waals surface area (Å²) in [5, 5.41) is 21.5. The summed E-state index contributed by atoms with van der Waals surface area (Å²) in [6, 6.07) is 12.2. The average Bonchev–Trinajstić information content (AvgIpc) is 2.40. The highest BCUT2D eigenvalue weighted by Gasteiger charge is 2.13. The number of hydrogen-bond acceptors (Lipinski definition) is 3. The van der Waals surface area contributed by atoms with E-state index >= 15 is 0 Å². The van der Waals surface area contributed by atoms with Crippen molar-refractivity contribution in [2.24, 2.45) is 0 Å². The van der Waals surface area contributed by atoms with Crippen LogP contribution in [0.5, 0.6) is 5.75 Å². The Kier molecular flexibility index (Phi) is 4.63. The van der Waals surface area contributed by atoms with E-state index in [0.29, 0.717) is 16.7 Å². The summed E-state index contributed by atoms with van der Waals surface area (Å²) in [5.74, 6) is -0.730. The number of carboxylic acid groups (broad SMARTS) is 1. The summed E-state index contributed by atoms with van der Waals surface area (Å²) in [7, 11) is 0. The number of phenolic OH excluding ortho intramolecular Hbond substituents is 1. The smallest absolute Gasteiger partial charge is 0.338 e. The molecule has 2 aromatic rings. The van der Waals surface area contributed by atoms with E-state index < -0.39 is 5.97 Å². The summed E-state index contributed by atoms with van der Waals surface area (Å²) < 4.78 is 0.555. The zero-order valence-electron chi connectivity index (χ0n) is 10.6. The quantitative estimate of drug-likeness (QED) is 0.782. The standard InChI is InChI=1S/C15H14BrNO3/c16-12-2-1-3-13(14(12)15(19)20)17-9-8-10-4-6-11(18)7-5-10/h1-7,17-18H,8-9H2,(H,19,20). The van der Waals surface area contributed by atoms with Gasteiger partial charge in [0.25, 0.3) is 0 Å². The summed E-state index contributed by atoms with van der Waals surface area (Å²) >= 11 is 3.24. The van der Waals surface area contributed by atoms with Gasteiger partial charge in [-0.2, -0.15) is 0 Å². The second-order valence-electron chi connectivity index (χ2n) is 4.31. The number of aromatic carboxylic acids is 1. The van der Waals surface area contributed by atoms with E-state index in [1.165, 1.54) is 0 Å². The molecule has 5 heteroatoms. The van der Waals surface area contributed by atoms with Crippen molar-refractivity contribution in [1.82, 2.24) is 0 Å². The van der Waals surface area contributed by atoms with Gasteiger partial charge in [0.2, 0.25) is 0 Å². The number of carboxylic acids is 1. The molecule has 0 aliphatic carbocycles. The first-order valence-electron chi connectivity index (χ1n) is 6.11. The molecule has 104 valence electrons. The van der Waals surface area contributed by atoms with Crippen molar-refractivity contribution in [2.75, 3.05) is 11.9 Å². The Morgan fingerprint density at radius 3 is 2.50 bits per heavy atom. The van der Waals surface area contributed by atoms with Crippen LogP contribution in [0.4, 0.5) is 5.69 Å². The Labute approximate surface area is 125 Å². The molecule has 2 aromatic carbocycles. The van der Waals surface area contributed by atoms with Gasteiger partial charge in [-0.05, 0) is 52.2 Å². The SMILES string of the molecule is O=C(O)c1c(Br)cccc1NCCc1ccc(O)cc1. The highest BCUT2D eigenvalue weighted by molar-refractivity contribution is 9.10. The maximum atomic E-state index is 11.2. The van der Waals surface area contributed by atoms with Gasteiger partial charge >= 0.3 is 5.97 Å². The maximum Gasteiger partial charge on any atom is 0.338 e. The van der Waals surface area contributed by atoms with Gasteiger partial charge in [0.15, 0.2) is 0 Å². The third kappa shape index (κ3) is 3.51. The van der Waals surface area contributed by atoms with Gasteiger partial charge in [-0.25, -0.2) is 4.79 Å². The second kappa shape index (κ2) is 6.43. The van der Waals surface area contributed by atoms with E-state index in [1.807, 2.05) is 12.1 Å². The van der Waals surface area contributed by atoms with Gasteiger partial charge in [0.1, 0.15) is 5.75 Å². The molecule has 0 heterocycles. The monoisotopic (exact) mass is 335 g/mol. The van der Waals surface area contributed by atoms with Gasteiger partial charge in [-0.3, -0.25) is 0 Å². The van der Waals surface area contributed by atoms with Crippen LogP contribution >= 0.6 is 15.9 Å². The molecule has 0 atom stereocenters. The lowest BCUT2D eigenvalue weighted by Crippen LogP contribution is -2.10. The topological polar surface area (TPSA) is 69.6 Å². The van der Waals surface area contributed by atoms with Crippen LogP contribution in [0.3, 0.4) is 0 Å². The number of anilines is 1. The molecule has 0 aliphatic heterocycles. The van der Waals surface area contributed by atoms with Crippen LogP contribution in [0.25, 0.3) is 0 Å². The molecule has 0 saturated heterocycles. The first-order valence-corrected chi connectivity index (χ1v) is 6.91. The predicted molar refractivity (Wildman–Crippen MR) is 81.4 cm³/mol. The fourth-order valence-corrected chi connectivity index (χ4v) is 2.43. The fraction of sp³-hybridized carbons (Fsp3) is 0.133. The fourth-order valence-electron chi connectivity index (χ4n) is 1.89. The Balaban J connectivity index is 2.02. The van der Waals surface area contributed by atoms with Gasteiger partial charge < -0.3 is 15.5 Å². The molecule has 0 bridgehead atoms. The molecule has 0 fully saturated rings. The van der Waals surface area contributed by atoms with E-state index in [4.69, 9.17) is 0 Å². The molecule has 20 heavy (non-hydrogen) atoms. The number of benzene rings is 2. The van der Waals surface area contributed by atoms with Crippen molar-refractivity contribution in [3.05, 3.63) is 58.1 Å². The second-order valence-corrected chi connectivity index (χ2v) is 5.17. The lowest BCUT2D eigenvalue weighted by atomic mass is 10.1. The first kappa shape index (κ1) is 14.4. The number of aromatic hydroxyl groups is 1. The van der Waals surface area contributed by atoms with E-state index in [1.54, 1.807) is 30.3 Å². The van der Waals surface area contributed by atoms with Crippen molar-refractivity contribution in [3.8, 4) is 5.75 Å². The Morgan fingerprint density at radius 2 is 1.85 bits per heavy atom. The number of nitrogens with one attached hydrogen (secondary N) is 1. The minimum absolute atomic E-state index is 0.234. The van der Waals surface area contributed by atoms with E-state index in [0.717, 1.165) is 12.0 Å². The third-order valence-electron chi connectivity index (χ3n) is 2.89. The van der Waals surface area contributed by atoms with Crippen LogP contribution in [-0.4, -0.2) is 22.7 Å². The number of carbonyl (C=O) groups is 1. The van der Waals surface area contributed by atoms with Gasteiger partial charge in [0, 0.05) is 16.7 Å². The lowest BCUT2D eigenvalue weighted by molar-refractivity contribution is 0.0697. The minimum atomic E-state index is -0.968.